The third kappa shape index (κ3) is 7.43. The number of ether oxygens (including phenoxy) is 2. The lowest BCUT2D eigenvalue weighted by Crippen LogP contribution is -2.57. The zero-order valence-corrected chi connectivity index (χ0v) is 22.0. The summed E-state index contributed by atoms with van der Waals surface area (Å²) in [7, 11) is 0. The Balaban J connectivity index is 1.41. The molecule has 8 heteroatoms. The third-order valence-electron chi connectivity index (χ3n) is 6.11. The van der Waals surface area contributed by atoms with Crippen molar-refractivity contribution in [2.24, 2.45) is 0 Å². The fraction of sp³-hybridized carbons (Fsp3) is 0.276. The Bertz CT molecular complexity index is 1220. The fourth-order valence-electron chi connectivity index (χ4n) is 4.18. The molecule has 1 fully saturated rings. The molecule has 2 amide bonds. The third-order valence-corrected chi connectivity index (χ3v) is 6.60. The number of nitrogens with one attached hydrogen (secondary N) is 1. The normalized spacial score (nSPS) is 15.1. The minimum absolute atomic E-state index is 0.205. The fourth-order valence-corrected chi connectivity index (χ4v) is 4.54. The number of rotatable bonds is 10. The summed E-state index contributed by atoms with van der Waals surface area (Å²) in [5, 5.41) is 2.75. The Morgan fingerprint density at radius 3 is 2.24 bits per heavy atom. The van der Waals surface area contributed by atoms with Crippen LogP contribution in [0.4, 0.5) is 0 Å². The molecule has 1 unspecified atom stereocenters. The van der Waals surface area contributed by atoms with Crippen molar-refractivity contribution >= 4 is 33.7 Å². The largest absolute Gasteiger partial charge is 0.492 e. The van der Waals surface area contributed by atoms with E-state index in [4.69, 9.17) is 9.47 Å². The van der Waals surface area contributed by atoms with E-state index < -0.39 is 12.0 Å². The predicted octanol–water partition coefficient (Wildman–Crippen LogP) is 4.19. The van der Waals surface area contributed by atoms with E-state index in [1.807, 2.05) is 60.7 Å². The van der Waals surface area contributed by atoms with E-state index in [1.165, 1.54) is 4.90 Å². The van der Waals surface area contributed by atoms with Gasteiger partial charge in [0.2, 0.25) is 5.91 Å². The van der Waals surface area contributed by atoms with Crippen molar-refractivity contribution < 1.29 is 23.9 Å². The van der Waals surface area contributed by atoms with E-state index in [2.05, 4.69) is 21.2 Å². The number of halogens is 1. The maximum atomic E-state index is 13.6. The van der Waals surface area contributed by atoms with Crippen LogP contribution in [0, 0.1) is 0 Å². The van der Waals surface area contributed by atoms with Crippen LogP contribution in [0.5, 0.6) is 5.75 Å². The molecule has 4 rings (SSSR count). The number of hydrogen-bond donors (Lipinski definition) is 1. The Kier molecular flexibility index (Phi) is 9.32. The number of hydrogen-bond acceptors (Lipinski definition) is 5. The highest BCUT2D eigenvalue weighted by molar-refractivity contribution is 9.10. The smallest absolute Gasteiger partial charge is 0.308 e. The van der Waals surface area contributed by atoms with E-state index in [9.17, 15) is 14.4 Å². The highest BCUT2D eigenvalue weighted by Crippen LogP contribution is 2.27. The first-order chi connectivity index (χ1) is 18.0. The molecule has 7 nitrogen and oxygen atoms in total. The van der Waals surface area contributed by atoms with Gasteiger partial charge in [-0.2, -0.15) is 0 Å². The monoisotopic (exact) mass is 564 g/mol. The van der Waals surface area contributed by atoms with Gasteiger partial charge in [-0.05, 0) is 29.3 Å². The molecule has 0 aliphatic carbocycles. The molecule has 3 aromatic rings. The van der Waals surface area contributed by atoms with Crippen LogP contribution in [0.2, 0.25) is 0 Å². The van der Waals surface area contributed by atoms with Gasteiger partial charge in [0.15, 0.2) is 0 Å². The molecule has 1 atom stereocenters. The summed E-state index contributed by atoms with van der Waals surface area (Å²) >= 11 is 3.43. The van der Waals surface area contributed by atoms with Gasteiger partial charge in [0.25, 0.3) is 5.91 Å². The number of nitrogens with zero attached hydrogens (tertiary/aromatic N) is 1. The van der Waals surface area contributed by atoms with E-state index in [-0.39, 0.29) is 31.4 Å². The number of esters is 1. The maximum Gasteiger partial charge on any atom is 0.308 e. The lowest BCUT2D eigenvalue weighted by atomic mass is 10.1. The SMILES string of the molecule is O=C(CC1C(=O)NCCN1C(=O)c1cc(Br)ccc1OCCc1ccccc1)OCCc1ccccc1. The molecule has 0 bridgehead atoms. The van der Waals surface area contributed by atoms with Gasteiger partial charge in [-0.3, -0.25) is 14.4 Å². The van der Waals surface area contributed by atoms with Gasteiger partial charge in [-0.15, -0.1) is 0 Å². The van der Waals surface area contributed by atoms with Gasteiger partial charge in [0, 0.05) is 30.4 Å². The number of benzene rings is 3. The molecule has 0 aromatic heterocycles. The quantitative estimate of drug-likeness (QED) is 0.373. The molecule has 192 valence electrons. The summed E-state index contributed by atoms with van der Waals surface area (Å²) in [6.45, 7) is 1.19. The Hall–Kier alpha value is -3.65. The molecule has 1 saturated heterocycles. The molecule has 3 aromatic carbocycles. The lowest BCUT2D eigenvalue weighted by molar-refractivity contribution is -0.147. The van der Waals surface area contributed by atoms with Crippen molar-refractivity contribution in [2.45, 2.75) is 25.3 Å². The van der Waals surface area contributed by atoms with Crippen LogP contribution in [0.15, 0.2) is 83.3 Å². The van der Waals surface area contributed by atoms with Gasteiger partial charge in [-0.25, -0.2) is 0 Å². The first-order valence-corrected chi connectivity index (χ1v) is 13.0. The molecule has 1 heterocycles. The average molecular weight is 565 g/mol. The van der Waals surface area contributed by atoms with Crippen molar-refractivity contribution in [3.8, 4) is 5.75 Å². The summed E-state index contributed by atoms with van der Waals surface area (Å²) in [6, 6.07) is 23.9. The summed E-state index contributed by atoms with van der Waals surface area (Å²) in [5.74, 6) is -0.835. The second kappa shape index (κ2) is 13.1. The van der Waals surface area contributed by atoms with Crippen molar-refractivity contribution in [2.75, 3.05) is 26.3 Å². The molecular formula is C29H29BrN2O5. The topological polar surface area (TPSA) is 84.9 Å². The van der Waals surface area contributed by atoms with Gasteiger partial charge in [-0.1, -0.05) is 76.6 Å². The Morgan fingerprint density at radius 2 is 1.57 bits per heavy atom. The number of amides is 2. The van der Waals surface area contributed by atoms with Crippen molar-refractivity contribution in [3.05, 3.63) is 100 Å². The first kappa shape index (κ1) is 26.4. The maximum absolute atomic E-state index is 13.6. The van der Waals surface area contributed by atoms with Gasteiger partial charge < -0.3 is 19.7 Å². The zero-order chi connectivity index (χ0) is 26.0. The molecule has 1 N–H and O–H groups in total. The molecule has 1 aliphatic heterocycles. The molecule has 1 aliphatic rings. The molecule has 37 heavy (non-hydrogen) atoms. The van der Waals surface area contributed by atoms with Crippen LogP contribution in [0.25, 0.3) is 0 Å². The molecule has 0 saturated carbocycles. The van der Waals surface area contributed by atoms with Crippen molar-refractivity contribution in [3.63, 3.8) is 0 Å². The summed E-state index contributed by atoms with van der Waals surface area (Å²) < 4.78 is 12.1. The van der Waals surface area contributed by atoms with E-state index >= 15 is 0 Å². The first-order valence-electron chi connectivity index (χ1n) is 12.3. The van der Waals surface area contributed by atoms with E-state index in [0.717, 1.165) is 11.1 Å². The Morgan fingerprint density at radius 1 is 0.919 bits per heavy atom. The van der Waals surface area contributed by atoms with Crippen molar-refractivity contribution in [1.82, 2.24) is 10.2 Å². The van der Waals surface area contributed by atoms with Crippen LogP contribution in [0.3, 0.4) is 0 Å². The highest BCUT2D eigenvalue weighted by Gasteiger charge is 2.36. The van der Waals surface area contributed by atoms with Gasteiger partial charge in [0.05, 0.1) is 25.2 Å². The summed E-state index contributed by atoms with van der Waals surface area (Å²) in [5.41, 5.74) is 2.52. The molecule has 0 radical (unpaired) electrons. The minimum atomic E-state index is -0.957. The number of carbonyl (C=O) groups is 3. The molecular weight excluding hydrogens is 536 g/mol. The number of carbonyl (C=O) groups excluding carboxylic acids is 3. The lowest BCUT2D eigenvalue weighted by Gasteiger charge is -2.35. The summed E-state index contributed by atoms with van der Waals surface area (Å²) in [4.78, 5) is 40.3. The van der Waals surface area contributed by atoms with E-state index in [0.29, 0.717) is 41.8 Å². The zero-order valence-electron chi connectivity index (χ0n) is 20.4. The van der Waals surface area contributed by atoms with Crippen LogP contribution >= 0.6 is 15.9 Å². The standard InChI is InChI=1S/C29H29BrN2O5/c30-23-11-12-26(36-17-13-21-7-3-1-4-8-21)24(19-23)29(35)32-16-15-31-28(34)25(32)20-27(33)37-18-14-22-9-5-2-6-10-22/h1-12,19,25H,13-18,20H2,(H,31,34). The second-order valence-electron chi connectivity index (χ2n) is 8.69. The highest BCUT2D eigenvalue weighted by atomic mass is 79.9. The van der Waals surface area contributed by atoms with Crippen LogP contribution in [0.1, 0.15) is 27.9 Å². The van der Waals surface area contributed by atoms with Gasteiger partial charge >= 0.3 is 5.97 Å². The van der Waals surface area contributed by atoms with E-state index in [1.54, 1.807) is 18.2 Å². The Labute approximate surface area is 224 Å². The van der Waals surface area contributed by atoms with Crippen LogP contribution in [-0.2, 0) is 27.2 Å². The average Bonchev–Trinajstić information content (AvgIpc) is 2.91. The predicted molar refractivity (Wildman–Crippen MR) is 143 cm³/mol. The van der Waals surface area contributed by atoms with Gasteiger partial charge in [0.1, 0.15) is 11.8 Å². The van der Waals surface area contributed by atoms with Crippen molar-refractivity contribution in [1.29, 1.82) is 0 Å². The minimum Gasteiger partial charge on any atom is -0.492 e. The summed E-state index contributed by atoms with van der Waals surface area (Å²) in [6.07, 6.45) is 1.05. The number of piperazine rings is 1. The molecule has 0 spiro atoms. The van der Waals surface area contributed by atoms with Crippen LogP contribution < -0.4 is 10.1 Å². The second-order valence-corrected chi connectivity index (χ2v) is 9.61. The van der Waals surface area contributed by atoms with Crippen LogP contribution in [-0.4, -0.2) is 55.0 Å².